The Morgan fingerprint density at radius 2 is 1.87 bits per heavy atom. The minimum absolute atomic E-state index is 0.194. The first kappa shape index (κ1) is 15.4. The second-order valence-corrected chi connectivity index (χ2v) is 5.76. The van der Waals surface area contributed by atoms with E-state index < -0.39 is 6.10 Å². The molecule has 23 heavy (non-hydrogen) atoms. The fourth-order valence-electron chi connectivity index (χ4n) is 2.73. The quantitative estimate of drug-likeness (QED) is 0.759. The van der Waals surface area contributed by atoms with Gasteiger partial charge in [0.25, 0.3) is 0 Å². The Morgan fingerprint density at radius 1 is 1.13 bits per heavy atom. The monoisotopic (exact) mass is 311 g/mol. The third-order valence-corrected chi connectivity index (χ3v) is 3.93. The Kier molecular flexibility index (Phi) is 4.21. The van der Waals surface area contributed by atoms with Gasteiger partial charge in [-0.15, -0.1) is 0 Å². The molecule has 0 aliphatic carbocycles. The van der Waals surface area contributed by atoms with Crippen LogP contribution in [0.1, 0.15) is 5.56 Å². The molecule has 3 aromatic rings. The van der Waals surface area contributed by atoms with Crippen molar-refractivity contribution in [1.82, 2.24) is 9.13 Å². The van der Waals surface area contributed by atoms with Gasteiger partial charge >= 0.3 is 0 Å². The molecule has 0 fully saturated rings. The minimum atomic E-state index is -0.685. The number of benzene rings is 2. The molecule has 0 saturated heterocycles. The summed E-state index contributed by atoms with van der Waals surface area (Å²) in [5.74, 6) is 0.748. The molecule has 0 spiro atoms. The molecule has 1 aromatic heterocycles. The molecule has 2 aromatic carbocycles. The molecule has 0 saturated carbocycles. The number of aliphatic hydroxyl groups excluding tert-OH is 1. The van der Waals surface area contributed by atoms with E-state index in [0.717, 1.165) is 22.3 Å². The van der Waals surface area contributed by atoms with E-state index in [1.807, 2.05) is 67.1 Å². The maximum atomic E-state index is 10.3. The molecule has 0 unspecified atom stereocenters. The summed E-state index contributed by atoms with van der Waals surface area (Å²) >= 11 is 0. The molecule has 120 valence electrons. The summed E-state index contributed by atoms with van der Waals surface area (Å²) in [6.07, 6.45) is -0.685. The van der Waals surface area contributed by atoms with Crippen LogP contribution in [0.3, 0.4) is 0 Å². The normalized spacial score (nSPS) is 12.5. The number of fused-ring (bicyclic) bond motifs is 1. The number of aliphatic hydroxyl groups is 1. The lowest BCUT2D eigenvalue weighted by molar-refractivity contribution is 0.0921. The highest BCUT2D eigenvalue weighted by Gasteiger charge is 2.12. The van der Waals surface area contributed by atoms with E-state index in [2.05, 4.69) is 0 Å². The standard InChI is InChI=1S/C18H21N3O2/c1-13-6-5-7-15(10-13)23-12-14(22)11-21-17-9-4-3-8-16(17)20(2)18(21)19/h3-10,14,19,22H,11-12H2,1-2H3/t14-/m1/s1. The van der Waals surface area contributed by atoms with E-state index >= 15 is 0 Å². The summed E-state index contributed by atoms with van der Waals surface area (Å²) in [5.41, 5.74) is 3.40. The average Bonchev–Trinajstić information content (AvgIpc) is 2.79. The number of hydrogen-bond donors (Lipinski definition) is 2. The van der Waals surface area contributed by atoms with Crippen LogP contribution in [-0.2, 0) is 13.6 Å². The van der Waals surface area contributed by atoms with Crippen molar-refractivity contribution in [1.29, 1.82) is 5.41 Å². The van der Waals surface area contributed by atoms with Gasteiger partial charge in [0.2, 0.25) is 5.62 Å². The van der Waals surface area contributed by atoms with Crippen molar-refractivity contribution in [3.63, 3.8) is 0 Å². The van der Waals surface area contributed by atoms with Crippen LogP contribution in [0.15, 0.2) is 48.5 Å². The Bertz CT molecular complexity index is 879. The molecule has 0 radical (unpaired) electrons. The summed E-state index contributed by atoms with van der Waals surface area (Å²) in [5, 5.41) is 18.5. The lowest BCUT2D eigenvalue weighted by atomic mass is 10.2. The van der Waals surface area contributed by atoms with E-state index in [0.29, 0.717) is 12.2 Å². The molecule has 3 rings (SSSR count). The number of aromatic nitrogens is 2. The maximum absolute atomic E-state index is 10.3. The number of rotatable bonds is 5. The van der Waals surface area contributed by atoms with Crippen LogP contribution in [0.2, 0.25) is 0 Å². The smallest absolute Gasteiger partial charge is 0.202 e. The van der Waals surface area contributed by atoms with Crippen LogP contribution in [-0.4, -0.2) is 27.0 Å². The highest BCUT2D eigenvalue weighted by atomic mass is 16.5. The van der Waals surface area contributed by atoms with Crippen molar-refractivity contribution in [2.24, 2.45) is 7.05 Å². The van der Waals surface area contributed by atoms with Crippen molar-refractivity contribution in [2.45, 2.75) is 19.6 Å². The molecular formula is C18H21N3O2. The summed E-state index contributed by atoms with van der Waals surface area (Å²) < 4.78 is 9.26. The van der Waals surface area contributed by atoms with Gasteiger partial charge in [0.15, 0.2) is 0 Å². The maximum Gasteiger partial charge on any atom is 0.202 e. The lowest BCUT2D eigenvalue weighted by Gasteiger charge is -2.14. The number of nitrogens with one attached hydrogen (secondary N) is 1. The fourth-order valence-corrected chi connectivity index (χ4v) is 2.73. The predicted molar refractivity (Wildman–Crippen MR) is 89.4 cm³/mol. The number of hydrogen-bond acceptors (Lipinski definition) is 3. The highest BCUT2D eigenvalue weighted by molar-refractivity contribution is 5.75. The van der Waals surface area contributed by atoms with Gasteiger partial charge in [0, 0.05) is 7.05 Å². The van der Waals surface area contributed by atoms with Gasteiger partial charge in [0.05, 0.1) is 17.6 Å². The van der Waals surface area contributed by atoms with E-state index in [4.69, 9.17) is 10.1 Å². The molecule has 2 N–H and O–H groups in total. The van der Waals surface area contributed by atoms with E-state index in [-0.39, 0.29) is 6.61 Å². The third kappa shape index (κ3) is 3.14. The number of ether oxygens (including phenoxy) is 1. The van der Waals surface area contributed by atoms with Crippen molar-refractivity contribution in [3.8, 4) is 5.75 Å². The van der Waals surface area contributed by atoms with E-state index in [1.165, 1.54) is 0 Å². The Labute approximate surface area is 134 Å². The van der Waals surface area contributed by atoms with E-state index in [1.54, 1.807) is 4.57 Å². The van der Waals surface area contributed by atoms with Crippen LogP contribution in [0, 0.1) is 12.3 Å². The zero-order valence-electron chi connectivity index (χ0n) is 13.4. The molecule has 1 heterocycles. The van der Waals surface area contributed by atoms with Crippen molar-refractivity contribution in [3.05, 3.63) is 59.7 Å². The first-order valence-electron chi connectivity index (χ1n) is 7.62. The van der Waals surface area contributed by atoms with Crippen LogP contribution in [0.25, 0.3) is 11.0 Å². The Hall–Kier alpha value is -2.53. The second kappa shape index (κ2) is 6.30. The topological polar surface area (TPSA) is 63.2 Å². The summed E-state index contributed by atoms with van der Waals surface area (Å²) in [7, 11) is 1.86. The zero-order valence-corrected chi connectivity index (χ0v) is 13.4. The molecule has 0 aliphatic heterocycles. The van der Waals surface area contributed by atoms with Crippen LogP contribution in [0.4, 0.5) is 0 Å². The zero-order chi connectivity index (χ0) is 16.4. The molecule has 5 heteroatoms. The Balaban J connectivity index is 1.74. The van der Waals surface area contributed by atoms with E-state index in [9.17, 15) is 5.11 Å². The van der Waals surface area contributed by atoms with Gasteiger partial charge in [-0.3, -0.25) is 5.41 Å². The average molecular weight is 311 g/mol. The van der Waals surface area contributed by atoms with Crippen LogP contribution in [0.5, 0.6) is 5.75 Å². The molecule has 5 nitrogen and oxygen atoms in total. The van der Waals surface area contributed by atoms with Gasteiger partial charge in [-0.1, -0.05) is 24.3 Å². The Morgan fingerprint density at radius 3 is 2.61 bits per heavy atom. The SMILES string of the molecule is Cc1cccc(OC[C@H](O)Cn2c(=N)n(C)c3ccccc32)c1. The largest absolute Gasteiger partial charge is 0.491 e. The number of nitrogens with zero attached hydrogens (tertiary/aromatic N) is 2. The van der Waals surface area contributed by atoms with Crippen LogP contribution >= 0.6 is 0 Å². The number of para-hydroxylation sites is 2. The fraction of sp³-hybridized carbons (Fsp3) is 0.278. The van der Waals surface area contributed by atoms with Gasteiger partial charge < -0.3 is 19.0 Å². The molecule has 0 aliphatic rings. The summed E-state index contributed by atoms with van der Waals surface area (Å²) in [4.78, 5) is 0. The van der Waals surface area contributed by atoms with Crippen LogP contribution < -0.4 is 10.4 Å². The summed E-state index contributed by atoms with van der Waals surface area (Å²) in [6, 6.07) is 15.6. The number of imidazole rings is 1. The third-order valence-electron chi connectivity index (χ3n) is 3.93. The predicted octanol–water partition coefficient (Wildman–Crippen LogP) is 2.21. The highest BCUT2D eigenvalue weighted by Crippen LogP contribution is 2.14. The number of aryl methyl sites for hydroxylation is 2. The van der Waals surface area contributed by atoms with Crippen molar-refractivity contribution >= 4 is 11.0 Å². The van der Waals surface area contributed by atoms with Crippen molar-refractivity contribution in [2.75, 3.05) is 6.61 Å². The van der Waals surface area contributed by atoms with Crippen molar-refractivity contribution < 1.29 is 9.84 Å². The molecular weight excluding hydrogens is 290 g/mol. The van der Waals surface area contributed by atoms with Gasteiger partial charge in [-0.05, 0) is 36.8 Å². The van der Waals surface area contributed by atoms with Gasteiger partial charge in [-0.2, -0.15) is 0 Å². The molecule has 0 bridgehead atoms. The minimum Gasteiger partial charge on any atom is -0.491 e. The first-order valence-corrected chi connectivity index (χ1v) is 7.62. The summed E-state index contributed by atoms with van der Waals surface area (Å²) in [6.45, 7) is 2.52. The molecule has 1 atom stereocenters. The lowest BCUT2D eigenvalue weighted by Crippen LogP contribution is -2.30. The second-order valence-electron chi connectivity index (χ2n) is 5.76. The van der Waals surface area contributed by atoms with Gasteiger partial charge in [0.1, 0.15) is 18.5 Å². The van der Waals surface area contributed by atoms with Gasteiger partial charge in [-0.25, -0.2) is 0 Å². The first-order chi connectivity index (χ1) is 11.1. The molecule has 0 amide bonds.